The molecule has 2 rings (SSSR count). The summed E-state index contributed by atoms with van der Waals surface area (Å²) in [5.41, 5.74) is 1.27. The summed E-state index contributed by atoms with van der Waals surface area (Å²) < 4.78 is 0. The molecule has 1 heterocycles. The molecular formula is C12H16ClNO. The first-order chi connectivity index (χ1) is 7.28. The lowest BCUT2D eigenvalue weighted by Gasteiger charge is -2.48. The highest BCUT2D eigenvalue weighted by atomic mass is 35.5. The van der Waals surface area contributed by atoms with Crippen LogP contribution in [0.2, 0.25) is 0 Å². The molecule has 0 saturated carbocycles. The Labute approximate surface area is 95.5 Å². The number of halogens is 1. The molecule has 1 aliphatic heterocycles. The lowest BCUT2D eigenvalue weighted by Crippen LogP contribution is -2.58. The maximum absolute atomic E-state index is 9.21. The van der Waals surface area contributed by atoms with Crippen LogP contribution in [0, 0.1) is 5.41 Å². The summed E-state index contributed by atoms with van der Waals surface area (Å²) >= 11 is 5.84. The van der Waals surface area contributed by atoms with Gasteiger partial charge in [0, 0.05) is 30.9 Å². The summed E-state index contributed by atoms with van der Waals surface area (Å²) in [6.45, 7) is 2.96. The Balaban J connectivity index is 1.86. The Hall–Kier alpha value is -0.570. The van der Waals surface area contributed by atoms with Gasteiger partial charge in [-0.1, -0.05) is 30.3 Å². The number of aliphatic hydroxyl groups excluding tert-OH is 1. The number of hydrogen-bond donors (Lipinski definition) is 1. The van der Waals surface area contributed by atoms with Gasteiger partial charge < -0.3 is 5.11 Å². The van der Waals surface area contributed by atoms with Crippen LogP contribution in [0.5, 0.6) is 0 Å². The SMILES string of the molecule is OCC1(CCl)CN(Cc2ccccc2)C1. The second-order valence-electron chi connectivity index (χ2n) is 4.42. The molecule has 0 amide bonds. The molecule has 1 aromatic rings. The lowest BCUT2D eigenvalue weighted by atomic mass is 9.82. The number of nitrogens with zero attached hydrogens (tertiary/aromatic N) is 1. The van der Waals surface area contributed by atoms with Crippen molar-refractivity contribution in [3.8, 4) is 0 Å². The van der Waals surface area contributed by atoms with E-state index in [1.165, 1.54) is 5.56 Å². The third-order valence-corrected chi connectivity index (χ3v) is 3.55. The van der Waals surface area contributed by atoms with E-state index in [-0.39, 0.29) is 12.0 Å². The van der Waals surface area contributed by atoms with Crippen LogP contribution in [0.3, 0.4) is 0 Å². The Bertz CT molecular complexity index is 303. The van der Waals surface area contributed by atoms with Crippen molar-refractivity contribution in [2.45, 2.75) is 6.54 Å². The third-order valence-electron chi connectivity index (χ3n) is 2.99. The zero-order valence-corrected chi connectivity index (χ0v) is 9.45. The summed E-state index contributed by atoms with van der Waals surface area (Å²) in [7, 11) is 0. The maximum Gasteiger partial charge on any atom is 0.0523 e. The van der Waals surface area contributed by atoms with E-state index in [2.05, 4.69) is 29.2 Å². The van der Waals surface area contributed by atoms with Crippen molar-refractivity contribution in [3.63, 3.8) is 0 Å². The van der Waals surface area contributed by atoms with Crippen molar-refractivity contribution in [1.82, 2.24) is 4.90 Å². The minimum absolute atomic E-state index is 0.0453. The minimum atomic E-state index is -0.0453. The molecule has 2 nitrogen and oxygen atoms in total. The van der Waals surface area contributed by atoms with Gasteiger partial charge in [0.1, 0.15) is 0 Å². The zero-order chi connectivity index (χ0) is 10.7. The average Bonchev–Trinajstić information content (AvgIpc) is 2.24. The van der Waals surface area contributed by atoms with E-state index >= 15 is 0 Å². The van der Waals surface area contributed by atoms with Crippen molar-refractivity contribution in [2.24, 2.45) is 5.41 Å². The van der Waals surface area contributed by atoms with Gasteiger partial charge in [-0.3, -0.25) is 4.90 Å². The molecule has 15 heavy (non-hydrogen) atoms. The van der Waals surface area contributed by atoms with E-state index in [1.54, 1.807) is 0 Å². The highest BCUT2D eigenvalue weighted by molar-refractivity contribution is 6.18. The lowest BCUT2D eigenvalue weighted by molar-refractivity contribution is -0.0291. The monoisotopic (exact) mass is 225 g/mol. The normalized spacial score (nSPS) is 19.9. The Kier molecular flexibility index (Phi) is 3.29. The number of rotatable bonds is 4. The Morgan fingerprint density at radius 2 is 1.93 bits per heavy atom. The van der Waals surface area contributed by atoms with Gasteiger partial charge >= 0.3 is 0 Å². The fourth-order valence-electron chi connectivity index (χ4n) is 2.08. The molecule has 1 saturated heterocycles. The van der Waals surface area contributed by atoms with Gasteiger partial charge in [-0.2, -0.15) is 0 Å². The number of aliphatic hydroxyl groups is 1. The van der Waals surface area contributed by atoms with E-state index < -0.39 is 0 Å². The van der Waals surface area contributed by atoms with Crippen LogP contribution in [0.4, 0.5) is 0 Å². The average molecular weight is 226 g/mol. The molecule has 1 N–H and O–H groups in total. The highest BCUT2D eigenvalue weighted by Gasteiger charge is 2.41. The van der Waals surface area contributed by atoms with Crippen LogP contribution in [0.15, 0.2) is 30.3 Å². The molecule has 82 valence electrons. The van der Waals surface area contributed by atoms with Crippen LogP contribution >= 0.6 is 11.6 Å². The molecule has 0 bridgehead atoms. The molecule has 0 aliphatic carbocycles. The standard InChI is InChI=1S/C12H16ClNO/c13-7-12(10-15)8-14(9-12)6-11-4-2-1-3-5-11/h1-5,15H,6-10H2. The highest BCUT2D eigenvalue weighted by Crippen LogP contribution is 2.32. The maximum atomic E-state index is 9.21. The van der Waals surface area contributed by atoms with Crippen molar-refractivity contribution < 1.29 is 5.11 Å². The summed E-state index contributed by atoms with van der Waals surface area (Å²) in [6, 6.07) is 10.4. The molecule has 0 spiro atoms. The van der Waals surface area contributed by atoms with Crippen molar-refractivity contribution in [1.29, 1.82) is 0 Å². The van der Waals surface area contributed by atoms with Crippen molar-refractivity contribution >= 4 is 11.6 Å². The number of hydrogen-bond acceptors (Lipinski definition) is 2. The molecule has 0 unspecified atom stereocenters. The summed E-state index contributed by atoms with van der Waals surface area (Å²) in [5, 5.41) is 9.21. The number of likely N-dealkylation sites (tertiary alicyclic amines) is 1. The molecule has 0 radical (unpaired) electrons. The van der Waals surface area contributed by atoms with Crippen LogP contribution in [0.25, 0.3) is 0 Å². The second-order valence-corrected chi connectivity index (χ2v) is 4.69. The van der Waals surface area contributed by atoms with E-state index in [4.69, 9.17) is 11.6 Å². The number of benzene rings is 1. The van der Waals surface area contributed by atoms with Gasteiger partial charge in [0.2, 0.25) is 0 Å². The zero-order valence-electron chi connectivity index (χ0n) is 8.69. The quantitative estimate of drug-likeness (QED) is 0.789. The van der Waals surface area contributed by atoms with E-state index in [0.717, 1.165) is 19.6 Å². The van der Waals surface area contributed by atoms with Gasteiger partial charge in [-0.15, -0.1) is 11.6 Å². The Morgan fingerprint density at radius 1 is 1.27 bits per heavy atom. The van der Waals surface area contributed by atoms with Gasteiger partial charge in [0.05, 0.1) is 6.61 Å². The van der Waals surface area contributed by atoms with E-state index in [0.29, 0.717) is 5.88 Å². The number of alkyl halides is 1. The summed E-state index contributed by atoms with van der Waals surface area (Å²) in [4.78, 5) is 2.31. The van der Waals surface area contributed by atoms with E-state index in [1.807, 2.05) is 6.07 Å². The van der Waals surface area contributed by atoms with Gasteiger partial charge in [0.25, 0.3) is 0 Å². The second kappa shape index (κ2) is 4.52. The third kappa shape index (κ3) is 2.33. The fraction of sp³-hybridized carbons (Fsp3) is 0.500. The first-order valence-electron chi connectivity index (χ1n) is 5.21. The van der Waals surface area contributed by atoms with Crippen LogP contribution in [-0.4, -0.2) is 35.6 Å². The molecule has 0 atom stereocenters. The van der Waals surface area contributed by atoms with Crippen molar-refractivity contribution in [3.05, 3.63) is 35.9 Å². The van der Waals surface area contributed by atoms with E-state index in [9.17, 15) is 5.11 Å². The van der Waals surface area contributed by atoms with Crippen molar-refractivity contribution in [2.75, 3.05) is 25.6 Å². The molecule has 0 aromatic heterocycles. The van der Waals surface area contributed by atoms with Gasteiger partial charge in [-0.05, 0) is 5.56 Å². The minimum Gasteiger partial charge on any atom is -0.396 e. The Morgan fingerprint density at radius 3 is 2.47 bits per heavy atom. The summed E-state index contributed by atoms with van der Waals surface area (Å²) in [6.07, 6.45) is 0. The smallest absolute Gasteiger partial charge is 0.0523 e. The van der Waals surface area contributed by atoms with Crippen LogP contribution in [-0.2, 0) is 6.54 Å². The molecule has 3 heteroatoms. The predicted molar refractivity (Wildman–Crippen MR) is 62.0 cm³/mol. The largest absolute Gasteiger partial charge is 0.396 e. The molecule has 1 fully saturated rings. The van der Waals surface area contributed by atoms with Gasteiger partial charge in [-0.25, -0.2) is 0 Å². The molecule has 1 aromatic carbocycles. The fourth-order valence-corrected chi connectivity index (χ4v) is 2.34. The predicted octanol–water partition coefficient (Wildman–Crippen LogP) is 1.72. The molecule has 1 aliphatic rings. The van der Waals surface area contributed by atoms with Gasteiger partial charge in [0.15, 0.2) is 0 Å². The first-order valence-corrected chi connectivity index (χ1v) is 5.75. The van der Waals surface area contributed by atoms with Crippen LogP contribution < -0.4 is 0 Å². The topological polar surface area (TPSA) is 23.5 Å². The summed E-state index contributed by atoms with van der Waals surface area (Å²) in [5.74, 6) is 0.550. The molecular weight excluding hydrogens is 210 g/mol. The first kappa shape index (κ1) is 10.9. The van der Waals surface area contributed by atoms with Crippen LogP contribution in [0.1, 0.15) is 5.56 Å².